The van der Waals surface area contributed by atoms with Gasteiger partial charge in [0.2, 0.25) is 0 Å². The summed E-state index contributed by atoms with van der Waals surface area (Å²) in [5.74, 6) is -2.16. The zero-order valence-electron chi connectivity index (χ0n) is 11.5. The van der Waals surface area contributed by atoms with Crippen LogP contribution < -0.4 is 0 Å². The molecule has 1 aliphatic rings. The van der Waals surface area contributed by atoms with Gasteiger partial charge in [-0.25, -0.2) is 0 Å². The van der Waals surface area contributed by atoms with Crippen molar-refractivity contribution < 1.29 is 24.5 Å². The van der Waals surface area contributed by atoms with Crippen molar-refractivity contribution >= 4 is 5.97 Å². The summed E-state index contributed by atoms with van der Waals surface area (Å²) in [6.07, 6.45) is -0.810. The molecular formula is C15H20O5. The molecule has 20 heavy (non-hydrogen) atoms. The third kappa shape index (κ3) is 4.03. The second kappa shape index (κ2) is 6.35. The average Bonchev–Trinajstić information content (AvgIpc) is 2.38. The largest absolute Gasteiger partial charge is 0.458 e. The molecule has 2 N–H and O–H groups in total. The average molecular weight is 280 g/mol. The van der Waals surface area contributed by atoms with Gasteiger partial charge < -0.3 is 19.7 Å². The minimum absolute atomic E-state index is 0.0296. The van der Waals surface area contributed by atoms with Crippen molar-refractivity contribution in [2.75, 3.05) is 6.61 Å². The van der Waals surface area contributed by atoms with E-state index in [1.165, 1.54) is 0 Å². The lowest BCUT2D eigenvalue weighted by molar-refractivity contribution is -0.249. The minimum atomic E-state index is -1.62. The highest BCUT2D eigenvalue weighted by Crippen LogP contribution is 2.27. The van der Waals surface area contributed by atoms with Gasteiger partial charge in [0, 0.05) is 6.42 Å². The van der Waals surface area contributed by atoms with Crippen molar-refractivity contribution in [1.82, 2.24) is 0 Å². The Hall–Kier alpha value is -1.43. The number of carbonyl (C=O) groups is 1. The van der Waals surface area contributed by atoms with Gasteiger partial charge in [0.15, 0.2) is 5.79 Å². The third-order valence-electron chi connectivity index (χ3n) is 3.37. The molecule has 0 unspecified atom stereocenters. The second-order valence-corrected chi connectivity index (χ2v) is 5.16. The molecule has 1 aliphatic heterocycles. The summed E-state index contributed by atoms with van der Waals surface area (Å²) in [5.41, 5.74) is 0.887. The van der Waals surface area contributed by atoms with Crippen LogP contribution in [0.25, 0.3) is 0 Å². The number of ether oxygens (including phenoxy) is 2. The summed E-state index contributed by atoms with van der Waals surface area (Å²) in [7, 11) is 0. The fourth-order valence-corrected chi connectivity index (χ4v) is 2.29. The van der Waals surface area contributed by atoms with E-state index in [-0.39, 0.29) is 25.6 Å². The number of benzene rings is 1. The first-order valence-corrected chi connectivity index (χ1v) is 6.77. The van der Waals surface area contributed by atoms with E-state index in [0.717, 1.165) is 5.56 Å². The van der Waals surface area contributed by atoms with E-state index in [9.17, 15) is 15.0 Å². The van der Waals surface area contributed by atoms with Crippen LogP contribution in [0.15, 0.2) is 30.3 Å². The van der Waals surface area contributed by atoms with E-state index < -0.39 is 17.9 Å². The number of hydrogen-bond donors (Lipinski definition) is 2. The smallest absolute Gasteiger partial charge is 0.311 e. The fourth-order valence-electron chi connectivity index (χ4n) is 2.29. The molecule has 0 spiro atoms. The lowest BCUT2D eigenvalue weighted by Gasteiger charge is -2.34. The fraction of sp³-hybridized carbons (Fsp3) is 0.533. The van der Waals surface area contributed by atoms with E-state index in [1.54, 1.807) is 6.92 Å². The number of aliphatic hydroxyl groups is 2. The molecule has 5 heteroatoms. The van der Waals surface area contributed by atoms with Crippen molar-refractivity contribution in [2.45, 2.75) is 44.2 Å². The standard InChI is InChI=1S/C15H20O5/c1-11(12-5-3-2-4-6-12)20-14(17)10-15(18)9-13(16)7-8-19-15/h2-6,11,13,16,18H,7-10H2,1H3/t11-,13+,15+/m0/s1. The van der Waals surface area contributed by atoms with Gasteiger partial charge in [-0.3, -0.25) is 4.79 Å². The first kappa shape index (κ1) is 15.0. The van der Waals surface area contributed by atoms with Crippen molar-refractivity contribution in [1.29, 1.82) is 0 Å². The Bertz CT molecular complexity index is 447. The van der Waals surface area contributed by atoms with Gasteiger partial charge in [0.1, 0.15) is 6.10 Å². The Morgan fingerprint density at radius 2 is 2.20 bits per heavy atom. The van der Waals surface area contributed by atoms with Gasteiger partial charge in [0.05, 0.1) is 19.1 Å². The lowest BCUT2D eigenvalue weighted by Crippen LogP contribution is -2.43. The summed E-state index contributed by atoms with van der Waals surface area (Å²) in [6, 6.07) is 9.36. The molecule has 1 aromatic rings. The first-order chi connectivity index (χ1) is 9.48. The molecule has 0 aromatic heterocycles. The van der Waals surface area contributed by atoms with E-state index in [2.05, 4.69) is 0 Å². The molecule has 0 amide bonds. The molecule has 0 aliphatic carbocycles. The van der Waals surface area contributed by atoms with Crippen LogP contribution in [-0.2, 0) is 14.3 Å². The van der Waals surface area contributed by atoms with E-state index in [4.69, 9.17) is 9.47 Å². The maximum atomic E-state index is 11.9. The summed E-state index contributed by atoms with van der Waals surface area (Å²) in [4.78, 5) is 11.9. The third-order valence-corrected chi connectivity index (χ3v) is 3.37. The van der Waals surface area contributed by atoms with Crippen molar-refractivity contribution in [3.63, 3.8) is 0 Å². The topological polar surface area (TPSA) is 76.0 Å². The number of carbonyl (C=O) groups excluding carboxylic acids is 1. The molecule has 2 rings (SSSR count). The summed E-state index contributed by atoms with van der Waals surface area (Å²) >= 11 is 0. The highest BCUT2D eigenvalue weighted by Gasteiger charge is 2.37. The maximum absolute atomic E-state index is 11.9. The zero-order valence-corrected chi connectivity index (χ0v) is 11.5. The predicted molar refractivity (Wildman–Crippen MR) is 71.7 cm³/mol. The lowest BCUT2D eigenvalue weighted by atomic mass is 10.00. The van der Waals surface area contributed by atoms with Crippen LogP contribution in [0.3, 0.4) is 0 Å². The Kier molecular flexibility index (Phi) is 4.75. The first-order valence-electron chi connectivity index (χ1n) is 6.77. The second-order valence-electron chi connectivity index (χ2n) is 5.16. The Balaban J connectivity index is 1.89. The number of aliphatic hydroxyl groups excluding tert-OH is 1. The molecule has 1 aromatic carbocycles. The molecule has 1 saturated heterocycles. The number of esters is 1. The van der Waals surface area contributed by atoms with Gasteiger partial charge in [-0.2, -0.15) is 0 Å². The van der Waals surface area contributed by atoms with E-state index in [1.807, 2.05) is 30.3 Å². The van der Waals surface area contributed by atoms with E-state index in [0.29, 0.717) is 6.42 Å². The van der Waals surface area contributed by atoms with Crippen LogP contribution in [0, 0.1) is 0 Å². The van der Waals surface area contributed by atoms with Crippen LogP contribution in [0.5, 0.6) is 0 Å². The van der Waals surface area contributed by atoms with Crippen LogP contribution in [0.4, 0.5) is 0 Å². The Labute approximate surface area is 118 Å². The van der Waals surface area contributed by atoms with Crippen LogP contribution in [-0.4, -0.2) is 34.7 Å². The van der Waals surface area contributed by atoms with Crippen molar-refractivity contribution in [3.8, 4) is 0 Å². The molecule has 3 atom stereocenters. The summed E-state index contributed by atoms with van der Waals surface area (Å²) in [6.45, 7) is 2.01. The molecule has 0 radical (unpaired) electrons. The highest BCUT2D eigenvalue weighted by atomic mass is 16.6. The molecule has 0 bridgehead atoms. The van der Waals surface area contributed by atoms with Gasteiger partial charge in [0.25, 0.3) is 0 Å². The quantitative estimate of drug-likeness (QED) is 0.818. The van der Waals surface area contributed by atoms with Crippen molar-refractivity contribution in [3.05, 3.63) is 35.9 Å². The molecule has 1 fully saturated rings. The Morgan fingerprint density at radius 1 is 1.50 bits per heavy atom. The van der Waals surface area contributed by atoms with Crippen LogP contribution >= 0.6 is 0 Å². The summed E-state index contributed by atoms with van der Waals surface area (Å²) in [5, 5.41) is 19.6. The van der Waals surface area contributed by atoms with Gasteiger partial charge in [-0.15, -0.1) is 0 Å². The van der Waals surface area contributed by atoms with Gasteiger partial charge in [-0.05, 0) is 18.9 Å². The van der Waals surface area contributed by atoms with Gasteiger partial charge in [-0.1, -0.05) is 30.3 Å². The molecular weight excluding hydrogens is 260 g/mol. The normalized spacial score (nSPS) is 27.9. The van der Waals surface area contributed by atoms with E-state index >= 15 is 0 Å². The summed E-state index contributed by atoms with van der Waals surface area (Å²) < 4.78 is 10.5. The monoisotopic (exact) mass is 280 g/mol. The molecule has 1 heterocycles. The predicted octanol–water partition coefficient (Wildman–Crippen LogP) is 1.54. The van der Waals surface area contributed by atoms with Gasteiger partial charge >= 0.3 is 5.97 Å². The molecule has 5 nitrogen and oxygen atoms in total. The zero-order chi connectivity index (χ0) is 14.6. The highest BCUT2D eigenvalue weighted by molar-refractivity contribution is 5.70. The Morgan fingerprint density at radius 3 is 2.85 bits per heavy atom. The van der Waals surface area contributed by atoms with Crippen LogP contribution in [0.2, 0.25) is 0 Å². The SMILES string of the molecule is C[C@H](OC(=O)C[C@@]1(O)C[C@H](O)CCO1)c1ccccc1. The van der Waals surface area contributed by atoms with Crippen LogP contribution in [0.1, 0.15) is 37.9 Å². The number of rotatable bonds is 4. The van der Waals surface area contributed by atoms with Crippen molar-refractivity contribution in [2.24, 2.45) is 0 Å². The minimum Gasteiger partial charge on any atom is -0.458 e. The molecule has 0 saturated carbocycles. The maximum Gasteiger partial charge on any atom is 0.311 e. The number of hydrogen-bond acceptors (Lipinski definition) is 5. The molecule has 110 valence electrons.